The normalized spacial score (nSPS) is 25.3. The summed E-state index contributed by atoms with van der Waals surface area (Å²) in [4.78, 5) is 7.14. The van der Waals surface area contributed by atoms with Crippen LogP contribution in [0.2, 0.25) is 0 Å². The van der Waals surface area contributed by atoms with Gasteiger partial charge in [0.15, 0.2) is 0 Å². The van der Waals surface area contributed by atoms with Crippen molar-refractivity contribution in [2.24, 2.45) is 0 Å². The van der Waals surface area contributed by atoms with Gasteiger partial charge in [0.1, 0.15) is 0 Å². The van der Waals surface area contributed by atoms with Crippen LogP contribution in [0.25, 0.3) is 0 Å². The fourth-order valence-electron chi connectivity index (χ4n) is 1.57. The molecule has 1 atom stereocenters. The van der Waals surface area contributed by atoms with E-state index >= 15 is 0 Å². The van der Waals surface area contributed by atoms with Crippen molar-refractivity contribution in [3.8, 4) is 0 Å². The topological polar surface area (TPSA) is 40.7 Å². The van der Waals surface area contributed by atoms with E-state index in [1.165, 1.54) is 25.0 Å². The quantitative estimate of drug-likeness (QED) is 0.633. The number of aromatic amines is 1. The maximum Gasteiger partial charge on any atom is 0.0922 e. The van der Waals surface area contributed by atoms with Gasteiger partial charge in [-0.25, -0.2) is 4.98 Å². The summed E-state index contributed by atoms with van der Waals surface area (Å²) in [5, 5.41) is 3.45. The summed E-state index contributed by atoms with van der Waals surface area (Å²) in [6.45, 7) is 1.14. The number of piperidine rings is 1. The first-order chi connectivity index (χ1) is 5.47. The van der Waals surface area contributed by atoms with Crippen LogP contribution in [0.5, 0.6) is 0 Å². The Hall–Kier alpha value is -0.830. The fraction of sp³-hybridized carbons (Fsp3) is 0.625. The predicted octanol–water partition coefficient (Wildman–Crippen LogP) is 1.22. The van der Waals surface area contributed by atoms with E-state index in [1.807, 2.05) is 6.20 Å². The second kappa shape index (κ2) is 3.05. The lowest BCUT2D eigenvalue weighted by Crippen LogP contribution is -2.26. The lowest BCUT2D eigenvalue weighted by Gasteiger charge is -2.21. The molecule has 60 valence electrons. The molecule has 0 amide bonds. The largest absolute Gasteiger partial charge is 0.347 e. The summed E-state index contributed by atoms with van der Waals surface area (Å²) in [5.74, 6) is 0. The zero-order valence-corrected chi connectivity index (χ0v) is 6.51. The third-order valence-corrected chi connectivity index (χ3v) is 2.21. The van der Waals surface area contributed by atoms with E-state index in [9.17, 15) is 0 Å². The first-order valence-corrected chi connectivity index (χ1v) is 4.18. The minimum Gasteiger partial charge on any atom is -0.347 e. The molecular formula is C8H13N3. The molecule has 2 N–H and O–H groups in total. The first-order valence-electron chi connectivity index (χ1n) is 4.18. The van der Waals surface area contributed by atoms with Gasteiger partial charge >= 0.3 is 0 Å². The minimum absolute atomic E-state index is 0.520. The van der Waals surface area contributed by atoms with E-state index < -0.39 is 0 Å². The summed E-state index contributed by atoms with van der Waals surface area (Å²) in [6.07, 6.45) is 7.53. The Kier molecular flexibility index (Phi) is 1.90. The lowest BCUT2D eigenvalue weighted by molar-refractivity contribution is 0.406. The number of nitrogens with one attached hydrogen (secondary N) is 2. The van der Waals surface area contributed by atoms with Crippen LogP contribution in [0.15, 0.2) is 12.5 Å². The van der Waals surface area contributed by atoms with E-state index in [4.69, 9.17) is 0 Å². The molecule has 0 unspecified atom stereocenters. The number of nitrogens with zero attached hydrogens (tertiary/aromatic N) is 1. The lowest BCUT2D eigenvalue weighted by atomic mass is 10.0. The average Bonchev–Trinajstić information content (AvgIpc) is 2.58. The van der Waals surface area contributed by atoms with Crippen LogP contribution in [0.3, 0.4) is 0 Å². The van der Waals surface area contributed by atoms with E-state index in [2.05, 4.69) is 15.3 Å². The molecule has 0 radical (unpaired) electrons. The van der Waals surface area contributed by atoms with Gasteiger partial charge in [0.25, 0.3) is 0 Å². The van der Waals surface area contributed by atoms with Crippen LogP contribution in [-0.2, 0) is 0 Å². The smallest absolute Gasteiger partial charge is 0.0922 e. The van der Waals surface area contributed by atoms with Crippen molar-refractivity contribution in [3.05, 3.63) is 18.2 Å². The van der Waals surface area contributed by atoms with E-state index in [-0.39, 0.29) is 0 Å². The summed E-state index contributed by atoms with van der Waals surface area (Å²) in [5.41, 5.74) is 1.23. The second-order valence-electron chi connectivity index (χ2n) is 3.01. The number of H-pyrrole nitrogens is 1. The van der Waals surface area contributed by atoms with Crippen molar-refractivity contribution in [2.75, 3.05) is 6.54 Å². The zero-order valence-electron chi connectivity index (χ0n) is 6.51. The third-order valence-electron chi connectivity index (χ3n) is 2.21. The molecule has 1 aliphatic rings. The minimum atomic E-state index is 0.520. The monoisotopic (exact) mass is 151 g/mol. The number of rotatable bonds is 1. The fourth-order valence-corrected chi connectivity index (χ4v) is 1.57. The van der Waals surface area contributed by atoms with Crippen LogP contribution in [0, 0.1) is 0 Å². The van der Waals surface area contributed by atoms with Crippen molar-refractivity contribution in [2.45, 2.75) is 25.3 Å². The Morgan fingerprint density at radius 1 is 1.45 bits per heavy atom. The molecule has 1 aromatic heterocycles. The highest BCUT2D eigenvalue weighted by Gasteiger charge is 2.14. The van der Waals surface area contributed by atoms with Gasteiger partial charge < -0.3 is 10.3 Å². The molecule has 3 nitrogen and oxygen atoms in total. The second-order valence-corrected chi connectivity index (χ2v) is 3.01. The third kappa shape index (κ3) is 1.43. The molecule has 0 aromatic carbocycles. The van der Waals surface area contributed by atoms with Crippen molar-refractivity contribution in [1.29, 1.82) is 0 Å². The van der Waals surface area contributed by atoms with Gasteiger partial charge in [0, 0.05) is 12.2 Å². The maximum absolute atomic E-state index is 4.00. The van der Waals surface area contributed by atoms with Crippen molar-refractivity contribution < 1.29 is 0 Å². The molecular weight excluding hydrogens is 138 g/mol. The predicted molar refractivity (Wildman–Crippen MR) is 43.2 cm³/mol. The number of imidazole rings is 1. The Morgan fingerprint density at radius 3 is 3.09 bits per heavy atom. The summed E-state index contributed by atoms with van der Waals surface area (Å²) in [6, 6.07) is 0.520. The average molecular weight is 151 g/mol. The van der Waals surface area contributed by atoms with Crippen molar-refractivity contribution in [1.82, 2.24) is 15.3 Å². The number of aromatic nitrogens is 2. The molecule has 0 saturated carbocycles. The molecule has 0 aliphatic carbocycles. The van der Waals surface area contributed by atoms with Gasteiger partial charge in [-0.3, -0.25) is 0 Å². The Bertz CT molecular complexity index is 199. The SMILES string of the molecule is c1ncc([C@H]2CCCCN2)[nH]1. The van der Waals surface area contributed by atoms with Gasteiger partial charge in [0.2, 0.25) is 0 Å². The van der Waals surface area contributed by atoms with Gasteiger partial charge in [-0.2, -0.15) is 0 Å². The molecule has 3 heteroatoms. The summed E-state index contributed by atoms with van der Waals surface area (Å²) in [7, 11) is 0. The van der Waals surface area contributed by atoms with Crippen LogP contribution in [0.1, 0.15) is 31.0 Å². The molecule has 1 aliphatic heterocycles. The maximum atomic E-state index is 4.00. The molecule has 11 heavy (non-hydrogen) atoms. The molecule has 0 bridgehead atoms. The molecule has 1 saturated heterocycles. The van der Waals surface area contributed by atoms with Crippen LogP contribution in [0.4, 0.5) is 0 Å². The van der Waals surface area contributed by atoms with Crippen molar-refractivity contribution in [3.63, 3.8) is 0 Å². The molecule has 2 rings (SSSR count). The zero-order chi connectivity index (χ0) is 7.52. The first kappa shape index (κ1) is 6.85. The van der Waals surface area contributed by atoms with Crippen LogP contribution in [-0.4, -0.2) is 16.5 Å². The molecule has 0 spiro atoms. The number of hydrogen-bond acceptors (Lipinski definition) is 2. The standard InChI is InChI=1S/C8H13N3/c1-2-4-10-7(3-1)8-5-9-6-11-8/h5-7,10H,1-4H2,(H,9,11)/t7-/m1/s1. The molecule has 2 heterocycles. The van der Waals surface area contributed by atoms with E-state index in [1.54, 1.807) is 6.33 Å². The Labute approximate surface area is 66.2 Å². The summed E-state index contributed by atoms with van der Waals surface area (Å²) >= 11 is 0. The van der Waals surface area contributed by atoms with Gasteiger partial charge in [-0.15, -0.1) is 0 Å². The van der Waals surface area contributed by atoms with E-state index in [0.29, 0.717) is 6.04 Å². The Morgan fingerprint density at radius 2 is 2.45 bits per heavy atom. The van der Waals surface area contributed by atoms with Gasteiger partial charge in [-0.1, -0.05) is 6.42 Å². The van der Waals surface area contributed by atoms with E-state index in [0.717, 1.165) is 6.54 Å². The summed E-state index contributed by atoms with van der Waals surface area (Å²) < 4.78 is 0. The van der Waals surface area contributed by atoms with Gasteiger partial charge in [0.05, 0.1) is 12.0 Å². The van der Waals surface area contributed by atoms with Crippen LogP contribution >= 0.6 is 0 Å². The highest BCUT2D eigenvalue weighted by atomic mass is 15.0. The highest BCUT2D eigenvalue weighted by Crippen LogP contribution is 2.19. The van der Waals surface area contributed by atoms with Gasteiger partial charge in [-0.05, 0) is 19.4 Å². The molecule has 1 aromatic rings. The van der Waals surface area contributed by atoms with Crippen molar-refractivity contribution >= 4 is 0 Å². The molecule has 1 fully saturated rings. The highest BCUT2D eigenvalue weighted by molar-refractivity contribution is 5.02. The Balaban J connectivity index is 2.04. The van der Waals surface area contributed by atoms with Crippen LogP contribution < -0.4 is 5.32 Å². The number of hydrogen-bond donors (Lipinski definition) is 2.